The van der Waals surface area contributed by atoms with E-state index in [0.717, 1.165) is 44.0 Å². The topological polar surface area (TPSA) is 38.2 Å². The molecular weight excluding hydrogens is 238 g/mol. The number of hydrogen-bond donors (Lipinski definition) is 0. The zero-order valence-electron chi connectivity index (χ0n) is 12.3. The Hall–Kier alpha value is -1.16. The van der Waals surface area contributed by atoms with E-state index in [2.05, 4.69) is 48.0 Å². The lowest BCUT2D eigenvalue weighted by atomic mass is 10.1. The van der Waals surface area contributed by atoms with Crippen molar-refractivity contribution in [1.29, 1.82) is 0 Å². The van der Waals surface area contributed by atoms with E-state index in [1.54, 1.807) is 0 Å². The van der Waals surface area contributed by atoms with Gasteiger partial charge in [0.2, 0.25) is 0 Å². The first-order chi connectivity index (χ1) is 9.20. The third-order valence-electron chi connectivity index (χ3n) is 3.52. The van der Waals surface area contributed by atoms with Crippen LogP contribution in [0.4, 0.5) is 5.82 Å². The number of anilines is 1. The van der Waals surface area contributed by atoms with Crippen molar-refractivity contribution in [2.45, 2.75) is 52.1 Å². The van der Waals surface area contributed by atoms with Crippen molar-refractivity contribution < 1.29 is 4.74 Å². The molecule has 4 heteroatoms. The van der Waals surface area contributed by atoms with Gasteiger partial charge in [-0.1, -0.05) is 20.8 Å². The lowest BCUT2D eigenvalue weighted by molar-refractivity contribution is 0.0439. The van der Waals surface area contributed by atoms with Crippen molar-refractivity contribution in [3.63, 3.8) is 0 Å². The predicted octanol–water partition coefficient (Wildman–Crippen LogP) is 3.00. The van der Waals surface area contributed by atoms with E-state index in [4.69, 9.17) is 4.74 Å². The summed E-state index contributed by atoms with van der Waals surface area (Å²) in [4.78, 5) is 2.29. The number of hydrogen-bond acceptors (Lipinski definition) is 4. The van der Waals surface area contributed by atoms with Gasteiger partial charge in [0.15, 0.2) is 5.82 Å². The highest BCUT2D eigenvalue weighted by Gasteiger charge is 2.21. The van der Waals surface area contributed by atoms with E-state index in [1.165, 1.54) is 6.42 Å². The van der Waals surface area contributed by atoms with E-state index >= 15 is 0 Å². The second-order valence-corrected chi connectivity index (χ2v) is 5.55. The predicted molar refractivity (Wildman–Crippen MR) is 77.6 cm³/mol. The average molecular weight is 263 g/mol. The Labute approximate surface area is 116 Å². The molecule has 0 radical (unpaired) electrons. The van der Waals surface area contributed by atoms with Crippen molar-refractivity contribution in [3.05, 3.63) is 17.8 Å². The third-order valence-corrected chi connectivity index (χ3v) is 3.52. The first-order valence-electron chi connectivity index (χ1n) is 7.41. The maximum atomic E-state index is 5.86. The van der Waals surface area contributed by atoms with E-state index in [0.29, 0.717) is 12.0 Å². The van der Waals surface area contributed by atoms with Crippen LogP contribution in [-0.2, 0) is 4.74 Å². The Kier molecular flexibility index (Phi) is 5.14. The molecule has 2 rings (SSSR count). The quantitative estimate of drug-likeness (QED) is 0.818. The van der Waals surface area contributed by atoms with Gasteiger partial charge in [0.05, 0.1) is 11.8 Å². The van der Waals surface area contributed by atoms with Crippen LogP contribution in [0.1, 0.15) is 51.6 Å². The molecule has 1 aliphatic heterocycles. The summed E-state index contributed by atoms with van der Waals surface area (Å²) in [5, 5.41) is 8.67. The SMILES string of the molecule is CCCOC1CCCN(c2ccc(C(C)C)nn2)C1. The molecule has 0 N–H and O–H groups in total. The Morgan fingerprint density at radius 2 is 2.21 bits per heavy atom. The summed E-state index contributed by atoms with van der Waals surface area (Å²) in [5.74, 6) is 1.41. The van der Waals surface area contributed by atoms with Crippen LogP contribution in [-0.4, -0.2) is 36.0 Å². The molecule has 0 aromatic carbocycles. The maximum Gasteiger partial charge on any atom is 0.151 e. The second-order valence-electron chi connectivity index (χ2n) is 5.55. The number of ether oxygens (including phenoxy) is 1. The second kappa shape index (κ2) is 6.85. The summed E-state index contributed by atoms with van der Waals surface area (Å²) in [7, 11) is 0. The Bertz CT molecular complexity index is 377. The van der Waals surface area contributed by atoms with Gasteiger partial charge in [0, 0.05) is 19.7 Å². The molecule has 0 saturated carbocycles. The van der Waals surface area contributed by atoms with E-state index < -0.39 is 0 Å². The normalized spacial score (nSPS) is 20.0. The molecule has 2 heterocycles. The monoisotopic (exact) mass is 263 g/mol. The summed E-state index contributed by atoms with van der Waals surface area (Å²) in [5.41, 5.74) is 1.06. The van der Waals surface area contributed by atoms with Gasteiger partial charge in [-0.2, -0.15) is 5.10 Å². The van der Waals surface area contributed by atoms with Crippen LogP contribution >= 0.6 is 0 Å². The van der Waals surface area contributed by atoms with Crippen LogP contribution in [0.5, 0.6) is 0 Å². The largest absolute Gasteiger partial charge is 0.376 e. The molecule has 4 nitrogen and oxygen atoms in total. The molecule has 1 unspecified atom stereocenters. The van der Waals surface area contributed by atoms with Crippen LogP contribution in [0.25, 0.3) is 0 Å². The molecule has 1 aromatic heterocycles. The Morgan fingerprint density at radius 3 is 2.84 bits per heavy atom. The zero-order chi connectivity index (χ0) is 13.7. The molecule has 1 fully saturated rings. The fourth-order valence-corrected chi connectivity index (χ4v) is 2.38. The number of rotatable bonds is 5. The molecule has 1 saturated heterocycles. The van der Waals surface area contributed by atoms with Gasteiger partial charge < -0.3 is 9.64 Å². The zero-order valence-corrected chi connectivity index (χ0v) is 12.3. The molecule has 0 amide bonds. The minimum atomic E-state index is 0.347. The lowest BCUT2D eigenvalue weighted by Gasteiger charge is -2.33. The van der Waals surface area contributed by atoms with Crippen molar-refractivity contribution >= 4 is 5.82 Å². The summed E-state index contributed by atoms with van der Waals surface area (Å²) in [6, 6.07) is 4.17. The van der Waals surface area contributed by atoms with Gasteiger partial charge in [-0.3, -0.25) is 0 Å². The summed E-state index contributed by atoms with van der Waals surface area (Å²) in [6.45, 7) is 9.28. The van der Waals surface area contributed by atoms with Crippen molar-refractivity contribution in [2.75, 3.05) is 24.6 Å². The Balaban J connectivity index is 1.96. The molecule has 19 heavy (non-hydrogen) atoms. The summed E-state index contributed by atoms with van der Waals surface area (Å²) in [6.07, 6.45) is 3.76. The molecule has 0 bridgehead atoms. The first-order valence-corrected chi connectivity index (χ1v) is 7.41. The van der Waals surface area contributed by atoms with Gasteiger partial charge in [-0.05, 0) is 37.3 Å². The van der Waals surface area contributed by atoms with Gasteiger partial charge in [-0.25, -0.2) is 0 Å². The van der Waals surface area contributed by atoms with E-state index in [1.807, 2.05) is 0 Å². The number of aromatic nitrogens is 2. The third kappa shape index (κ3) is 3.90. The number of piperidine rings is 1. The molecular formula is C15H25N3O. The molecule has 106 valence electrons. The van der Waals surface area contributed by atoms with Gasteiger partial charge in [-0.15, -0.1) is 5.10 Å². The van der Waals surface area contributed by atoms with Crippen LogP contribution < -0.4 is 4.90 Å². The number of nitrogens with zero attached hydrogens (tertiary/aromatic N) is 3. The molecule has 1 aliphatic rings. The van der Waals surface area contributed by atoms with Crippen molar-refractivity contribution in [3.8, 4) is 0 Å². The van der Waals surface area contributed by atoms with E-state index in [9.17, 15) is 0 Å². The maximum absolute atomic E-state index is 5.86. The fourth-order valence-electron chi connectivity index (χ4n) is 2.38. The van der Waals surface area contributed by atoms with Gasteiger partial charge in [0.25, 0.3) is 0 Å². The highest BCUT2D eigenvalue weighted by atomic mass is 16.5. The van der Waals surface area contributed by atoms with E-state index in [-0.39, 0.29) is 0 Å². The van der Waals surface area contributed by atoms with Gasteiger partial charge in [0.1, 0.15) is 0 Å². The molecule has 0 spiro atoms. The molecule has 1 atom stereocenters. The fraction of sp³-hybridized carbons (Fsp3) is 0.733. The minimum absolute atomic E-state index is 0.347. The average Bonchev–Trinajstić information content (AvgIpc) is 2.45. The van der Waals surface area contributed by atoms with Crippen molar-refractivity contribution in [2.24, 2.45) is 0 Å². The summed E-state index contributed by atoms with van der Waals surface area (Å²) < 4.78 is 5.86. The molecule has 0 aliphatic carbocycles. The lowest BCUT2D eigenvalue weighted by Crippen LogP contribution is -2.40. The summed E-state index contributed by atoms with van der Waals surface area (Å²) >= 11 is 0. The van der Waals surface area contributed by atoms with Gasteiger partial charge >= 0.3 is 0 Å². The van der Waals surface area contributed by atoms with Crippen LogP contribution in [0.3, 0.4) is 0 Å². The van der Waals surface area contributed by atoms with Crippen LogP contribution in [0.2, 0.25) is 0 Å². The Morgan fingerprint density at radius 1 is 1.37 bits per heavy atom. The first kappa shape index (κ1) is 14.3. The van der Waals surface area contributed by atoms with Crippen LogP contribution in [0, 0.1) is 0 Å². The standard InChI is InChI=1S/C15H25N3O/c1-4-10-19-13-6-5-9-18(11-13)15-8-7-14(12(2)3)16-17-15/h7-8,12-13H,4-6,9-11H2,1-3H3. The smallest absolute Gasteiger partial charge is 0.151 e. The van der Waals surface area contributed by atoms with Crippen molar-refractivity contribution in [1.82, 2.24) is 10.2 Å². The highest BCUT2D eigenvalue weighted by Crippen LogP contribution is 2.20. The van der Waals surface area contributed by atoms with Crippen LogP contribution in [0.15, 0.2) is 12.1 Å². The minimum Gasteiger partial charge on any atom is -0.376 e. The molecule has 1 aromatic rings. The highest BCUT2D eigenvalue weighted by molar-refractivity contribution is 5.38.